The van der Waals surface area contributed by atoms with Crippen molar-refractivity contribution in [2.75, 3.05) is 6.54 Å². The summed E-state index contributed by atoms with van der Waals surface area (Å²) in [5.41, 5.74) is 5.86. The zero-order chi connectivity index (χ0) is 17.6. The first-order chi connectivity index (χ1) is 12.1. The summed E-state index contributed by atoms with van der Waals surface area (Å²) in [5.74, 6) is -0.0694. The van der Waals surface area contributed by atoms with Crippen LogP contribution in [0.2, 0.25) is 0 Å². The van der Waals surface area contributed by atoms with Crippen LogP contribution in [-0.2, 0) is 13.2 Å². The van der Waals surface area contributed by atoms with Gasteiger partial charge in [0, 0.05) is 24.0 Å². The molecule has 5 nitrogen and oxygen atoms in total. The molecule has 0 atom stereocenters. The van der Waals surface area contributed by atoms with E-state index in [1.165, 1.54) is 0 Å². The zero-order valence-corrected chi connectivity index (χ0v) is 13.8. The van der Waals surface area contributed by atoms with Crippen molar-refractivity contribution in [3.05, 3.63) is 58.8 Å². The van der Waals surface area contributed by atoms with E-state index < -0.39 is 0 Å². The minimum absolute atomic E-state index is 0.00622. The molecular weight excluding hydrogens is 314 g/mol. The molecule has 5 heteroatoms. The topological polar surface area (TPSA) is 78.1 Å². The maximum Gasteiger partial charge on any atom is 0.268 e. The molecular formula is C20H17N3O2. The summed E-state index contributed by atoms with van der Waals surface area (Å²) in [6, 6.07) is 13.6. The number of fused-ring (bicyclic) bond motifs is 3. The molecule has 0 aliphatic carbocycles. The third-order valence-corrected chi connectivity index (χ3v) is 4.82. The second kappa shape index (κ2) is 5.76. The van der Waals surface area contributed by atoms with Crippen molar-refractivity contribution in [1.82, 2.24) is 9.88 Å². The molecule has 25 heavy (non-hydrogen) atoms. The number of aromatic nitrogens is 1. The van der Waals surface area contributed by atoms with Gasteiger partial charge in [-0.3, -0.25) is 4.79 Å². The highest BCUT2D eigenvalue weighted by atomic mass is 16.3. The summed E-state index contributed by atoms with van der Waals surface area (Å²) in [5, 5.41) is 22.5. The Morgan fingerprint density at radius 3 is 2.72 bits per heavy atom. The third kappa shape index (κ3) is 2.31. The Balaban J connectivity index is 2.07. The molecule has 124 valence electrons. The van der Waals surface area contributed by atoms with E-state index in [0.717, 1.165) is 33.2 Å². The van der Waals surface area contributed by atoms with Crippen molar-refractivity contribution in [2.45, 2.75) is 20.1 Å². The fourth-order valence-electron chi connectivity index (χ4n) is 3.61. The number of aliphatic hydroxyl groups excluding tert-OH is 1. The van der Waals surface area contributed by atoms with Crippen LogP contribution in [0, 0.1) is 18.3 Å². The molecule has 0 fully saturated rings. The standard InChI is InChI=1S/C20H17N3O2/c1-12-16-8-14(10-21)9-17(15-4-2-13(11-24)3-5-15)19(16)23-7-6-22-20(25)18(12)23/h2-5,8-9,24H,6-7,11H2,1H3,(H,22,25). The third-order valence-electron chi connectivity index (χ3n) is 4.82. The molecule has 0 unspecified atom stereocenters. The number of aliphatic hydroxyl groups is 1. The Morgan fingerprint density at radius 1 is 1.28 bits per heavy atom. The van der Waals surface area contributed by atoms with Crippen molar-refractivity contribution in [3.8, 4) is 17.2 Å². The molecule has 0 saturated heterocycles. The molecule has 4 rings (SSSR count). The lowest BCUT2D eigenvalue weighted by Crippen LogP contribution is -2.35. The second-order valence-electron chi connectivity index (χ2n) is 6.27. The number of carbonyl (C=O) groups is 1. The highest BCUT2D eigenvalue weighted by Gasteiger charge is 2.25. The minimum Gasteiger partial charge on any atom is -0.392 e. The van der Waals surface area contributed by atoms with E-state index in [-0.39, 0.29) is 12.5 Å². The van der Waals surface area contributed by atoms with E-state index in [0.29, 0.717) is 24.3 Å². The van der Waals surface area contributed by atoms with Crippen molar-refractivity contribution in [3.63, 3.8) is 0 Å². The van der Waals surface area contributed by atoms with E-state index in [9.17, 15) is 15.2 Å². The smallest absolute Gasteiger partial charge is 0.268 e. The highest BCUT2D eigenvalue weighted by molar-refractivity contribution is 6.06. The van der Waals surface area contributed by atoms with Crippen LogP contribution in [0.25, 0.3) is 22.0 Å². The molecule has 1 aliphatic heterocycles. The molecule has 2 aromatic carbocycles. The Labute approximate surface area is 145 Å². The van der Waals surface area contributed by atoms with Crippen LogP contribution in [-0.4, -0.2) is 22.1 Å². The molecule has 0 bridgehead atoms. The van der Waals surface area contributed by atoms with E-state index in [2.05, 4.69) is 16.0 Å². The van der Waals surface area contributed by atoms with Crippen molar-refractivity contribution < 1.29 is 9.90 Å². The molecule has 2 heterocycles. The van der Waals surface area contributed by atoms with Gasteiger partial charge in [0.2, 0.25) is 0 Å². The Kier molecular flexibility index (Phi) is 3.56. The number of rotatable bonds is 2. The monoisotopic (exact) mass is 331 g/mol. The first-order valence-corrected chi connectivity index (χ1v) is 8.19. The van der Waals surface area contributed by atoms with E-state index >= 15 is 0 Å². The largest absolute Gasteiger partial charge is 0.392 e. The average molecular weight is 331 g/mol. The zero-order valence-electron chi connectivity index (χ0n) is 13.8. The van der Waals surface area contributed by atoms with Crippen LogP contribution in [0.3, 0.4) is 0 Å². The van der Waals surface area contributed by atoms with E-state index in [4.69, 9.17) is 0 Å². The van der Waals surface area contributed by atoms with Gasteiger partial charge >= 0.3 is 0 Å². The summed E-state index contributed by atoms with van der Waals surface area (Å²) < 4.78 is 2.06. The quantitative estimate of drug-likeness (QED) is 0.758. The van der Waals surface area contributed by atoms with E-state index in [1.807, 2.05) is 43.3 Å². The Morgan fingerprint density at radius 2 is 2.04 bits per heavy atom. The molecule has 0 radical (unpaired) electrons. The number of carbonyl (C=O) groups excluding carboxylic acids is 1. The fraction of sp³-hybridized carbons (Fsp3) is 0.200. The lowest BCUT2D eigenvalue weighted by atomic mass is 9.98. The van der Waals surface area contributed by atoms with Gasteiger partial charge in [-0.05, 0) is 35.7 Å². The lowest BCUT2D eigenvalue weighted by molar-refractivity contribution is 0.0928. The summed E-state index contributed by atoms with van der Waals surface area (Å²) in [4.78, 5) is 12.3. The maximum absolute atomic E-state index is 12.3. The summed E-state index contributed by atoms with van der Waals surface area (Å²) in [6.07, 6.45) is 0. The number of nitriles is 1. The van der Waals surface area contributed by atoms with Gasteiger partial charge in [-0.2, -0.15) is 5.26 Å². The highest BCUT2D eigenvalue weighted by Crippen LogP contribution is 2.36. The van der Waals surface area contributed by atoms with Gasteiger partial charge in [-0.25, -0.2) is 0 Å². The molecule has 1 aliphatic rings. The average Bonchev–Trinajstić information content (AvgIpc) is 2.95. The number of hydrogen-bond donors (Lipinski definition) is 2. The van der Waals surface area contributed by atoms with Gasteiger partial charge in [0.1, 0.15) is 5.69 Å². The molecule has 0 spiro atoms. The number of hydrogen-bond acceptors (Lipinski definition) is 3. The van der Waals surface area contributed by atoms with Crippen LogP contribution >= 0.6 is 0 Å². The first kappa shape index (κ1) is 15.4. The van der Waals surface area contributed by atoms with Gasteiger partial charge in [0.05, 0.1) is 23.8 Å². The van der Waals surface area contributed by atoms with Crippen molar-refractivity contribution in [1.29, 1.82) is 5.26 Å². The van der Waals surface area contributed by atoms with Gasteiger partial charge in [0.25, 0.3) is 5.91 Å². The molecule has 3 aromatic rings. The minimum atomic E-state index is -0.0694. The number of benzene rings is 2. The second-order valence-corrected chi connectivity index (χ2v) is 6.27. The normalized spacial score (nSPS) is 13.4. The number of nitrogens with one attached hydrogen (secondary N) is 1. The summed E-state index contributed by atoms with van der Waals surface area (Å²) in [7, 11) is 0. The van der Waals surface area contributed by atoms with Crippen LogP contribution < -0.4 is 5.32 Å². The van der Waals surface area contributed by atoms with Gasteiger partial charge in [0.15, 0.2) is 0 Å². The number of nitrogens with zero attached hydrogens (tertiary/aromatic N) is 2. The van der Waals surface area contributed by atoms with Gasteiger partial charge in [-0.15, -0.1) is 0 Å². The number of aryl methyl sites for hydroxylation is 1. The fourth-order valence-corrected chi connectivity index (χ4v) is 3.61. The van der Waals surface area contributed by atoms with Crippen molar-refractivity contribution in [2.24, 2.45) is 0 Å². The van der Waals surface area contributed by atoms with Crippen LogP contribution in [0.4, 0.5) is 0 Å². The summed E-state index contributed by atoms with van der Waals surface area (Å²) in [6.45, 7) is 3.23. The summed E-state index contributed by atoms with van der Waals surface area (Å²) >= 11 is 0. The predicted molar refractivity (Wildman–Crippen MR) is 95.1 cm³/mol. The van der Waals surface area contributed by atoms with E-state index in [1.54, 1.807) is 0 Å². The maximum atomic E-state index is 12.3. The number of amides is 1. The Bertz CT molecular complexity index is 1040. The van der Waals surface area contributed by atoms with Gasteiger partial charge in [-0.1, -0.05) is 24.3 Å². The van der Waals surface area contributed by atoms with Crippen LogP contribution in [0.1, 0.15) is 27.2 Å². The Hall–Kier alpha value is -3.10. The molecule has 1 amide bonds. The van der Waals surface area contributed by atoms with Crippen LogP contribution in [0.15, 0.2) is 36.4 Å². The molecule has 1 aromatic heterocycles. The molecule has 2 N–H and O–H groups in total. The lowest BCUT2D eigenvalue weighted by Gasteiger charge is -2.18. The first-order valence-electron chi connectivity index (χ1n) is 8.19. The SMILES string of the molecule is Cc1c2n(c3c(-c4ccc(CO)cc4)cc(C#N)cc13)CCNC2=O. The van der Waals surface area contributed by atoms with Crippen molar-refractivity contribution >= 4 is 16.8 Å². The van der Waals surface area contributed by atoms with Gasteiger partial charge < -0.3 is 15.0 Å². The predicted octanol–water partition coefficient (Wildman–Crippen LogP) is 2.72. The van der Waals surface area contributed by atoms with Crippen LogP contribution in [0.5, 0.6) is 0 Å². The molecule has 0 saturated carbocycles.